The van der Waals surface area contributed by atoms with E-state index in [0.717, 1.165) is 27.9 Å². The first kappa shape index (κ1) is 13.1. The summed E-state index contributed by atoms with van der Waals surface area (Å²) in [7, 11) is 0. The van der Waals surface area contributed by atoms with Crippen molar-refractivity contribution in [2.75, 3.05) is 5.73 Å². The number of benzene rings is 2. The third-order valence-corrected chi connectivity index (χ3v) is 2.94. The van der Waals surface area contributed by atoms with Gasteiger partial charge in [0.25, 0.3) is 0 Å². The minimum atomic E-state index is -0.317. The summed E-state index contributed by atoms with van der Waals surface area (Å²) in [5.74, 6) is 0.239. The quantitative estimate of drug-likeness (QED) is 0.508. The van der Waals surface area contributed by atoms with Crippen LogP contribution in [0.1, 0.15) is 18.1 Å². The zero-order chi connectivity index (χ0) is 14.0. The lowest BCUT2D eigenvalue weighted by Crippen LogP contribution is -2.01. The summed E-state index contributed by atoms with van der Waals surface area (Å²) in [6.07, 6.45) is 0. The summed E-state index contributed by atoms with van der Waals surface area (Å²) in [5, 5.41) is 0. The Balaban J connectivity index is 2.50. The van der Waals surface area contributed by atoms with Gasteiger partial charge in [-0.15, -0.1) is 0 Å². The van der Waals surface area contributed by atoms with Gasteiger partial charge in [-0.1, -0.05) is 12.1 Å². The first-order chi connectivity index (χ1) is 8.97. The maximum atomic E-state index is 11.0. The molecule has 0 saturated heterocycles. The van der Waals surface area contributed by atoms with Gasteiger partial charge in [-0.25, -0.2) is 0 Å². The number of ether oxygens (including phenoxy) is 1. The normalized spacial score (nSPS) is 10.3. The predicted octanol–water partition coefficient (Wildman–Crippen LogP) is 3.48. The second kappa shape index (κ2) is 5.14. The van der Waals surface area contributed by atoms with Gasteiger partial charge in [0.1, 0.15) is 5.75 Å². The summed E-state index contributed by atoms with van der Waals surface area (Å²) < 4.78 is 5.12. The van der Waals surface area contributed by atoms with Crippen molar-refractivity contribution in [1.82, 2.24) is 0 Å². The molecule has 3 nitrogen and oxygen atoms in total. The van der Waals surface area contributed by atoms with E-state index < -0.39 is 0 Å². The first-order valence-electron chi connectivity index (χ1n) is 6.13. The van der Waals surface area contributed by atoms with Crippen LogP contribution in [0, 0.1) is 13.8 Å². The third kappa shape index (κ3) is 2.94. The van der Waals surface area contributed by atoms with Crippen LogP contribution in [0.3, 0.4) is 0 Å². The average Bonchev–Trinajstić information content (AvgIpc) is 2.26. The van der Waals surface area contributed by atoms with E-state index in [4.69, 9.17) is 10.5 Å². The average molecular weight is 255 g/mol. The fourth-order valence-corrected chi connectivity index (χ4v) is 2.33. The molecule has 0 atom stereocenters. The minimum Gasteiger partial charge on any atom is -0.427 e. The van der Waals surface area contributed by atoms with Crippen molar-refractivity contribution >= 4 is 11.7 Å². The van der Waals surface area contributed by atoms with Crippen LogP contribution in [-0.4, -0.2) is 5.97 Å². The minimum absolute atomic E-state index is 0.317. The molecule has 0 aliphatic heterocycles. The van der Waals surface area contributed by atoms with Crippen molar-refractivity contribution in [3.05, 3.63) is 47.5 Å². The molecule has 0 radical (unpaired) electrons. The lowest BCUT2D eigenvalue weighted by Gasteiger charge is -2.12. The topological polar surface area (TPSA) is 52.3 Å². The van der Waals surface area contributed by atoms with Gasteiger partial charge >= 0.3 is 5.97 Å². The van der Waals surface area contributed by atoms with Gasteiger partial charge in [0.2, 0.25) is 0 Å². The SMILES string of the molecule is CC(=O)Oc1cccc(-c2c(C)cc(N)cc2C)c1. The molecular weight excluding hydrogens is 238 g/mol. The number of carbonyl (C=O) groups is 1. The molecule has 3 heteroatoms. The van der Waals surface area contributed by atoms with E-state index in [1.807, 2.05) is 44.2 Å². The van der Waals surface area contributed by atoms with Crippen LogP contribution in [0.25, 0.3) is 11.1 Å². The van der Waals surface area contributed by atoms with E-state index in [9.17, 15) is 4.79 Å². The second-order valence-corrected chi connectivity index (χ2v) is 4.65. The molecule has 2 aromatic rings. The molecule has 0 aromatic heterocycles. The van der Waals surface area contributed by atoms with E-state index in [2.05, 4.69) is 0 Å². The highest BCUT2D eigenvalue weighted by Crippen LogP contribution is 2.31. The zero-order valence-corrected chi connectivity index (χ0v) is 11.4. The van der Waals surface area contributed by atoms with E-state index in [-0.39, 0.29) is 5.97 Å². The zero-order valence-electron chi connectivity index (χ0n) is 11.4. The Kier molecular flexibility index (Phi) is 3.56. The molecule has 2 rings (SSSR count). The Labute approximate surface area is 113 Å². The van der Waals surface area contributed by atoms with Crippen molar-refractivity contribution < 1.29 is 9.53 Å². The van der Waals surface area contributed by atoms with Gasteiger partial charge in [0.05, 0.1) is 0 Å². The smallest absolute Gasteiger partial charge is 0.308 e. The van der Waals surface area contributed by atoms with Crippen molar-refractivity contribution in [3.63, 3.8) is 0 Å². The number of esters is 1. The Morgan fingerprint density at radius 1 is 1.11 bits per heavy atom. The van der Waals surface area contributed by atoms with Crippen LogP contribution in [0.15, 0.2) is 36.4 Å². The van der Waals surface area contributed by atoms with Crippen LogP contribution < -0.4 is 10.5 Å². The third-order valence-electron chi connectivity index (χ3n) is 2.94. The summed E-state index contributed by atoms with van der Waals surface area (Å²) >= 11 is 0. The predicted molar refractivity (Wildman–Crippen MR) is 77.1 cm³/mol. The number of hydrogen-bond acceptors (Lipinski definition) is 3. The lowest BCUT2D eigenvalue weighted by molar-refractivity contribution is -0.131. The van der Waals surface area contributed by atoms with Crippen LogP contribution >= 0.6 is 0 Å². The van der Waals surface area contributed by atoms with Crippen LogP contribution in [0.2, 0.25) is 0 Å². The Bertz CT molecular complexity index is 609. The molecule has 0 spiro atoms. The number of nitrogen functional groups attached to an aromatic ring is 1. The highest BCUT2D eigenvalue weighted by atomic mass is 16.5. The molecule has 0 saturated carbocycles. The molecule has 2 aromatic carbocycles. The van der Waals surface area contributed by atoms with Gasteiger partial charge in [0, 0.05) is 12.6 Å². The molecule has 0 amide bonds. The number of carbonyl (C=O) groups excluding carboxylic acids is 1. The number of hydrogen-bond donors (Lipinski definition) is 1. The van der Waals surface area contributed by atoms with Gasteiger partial charge in [-0.05, 0) is 60.4 Å². The van der Waals surface area contributed by atoms with Crippen molar-refractivity contribution in [2.45, 2.75) is 20.8 Å². The Morgan fingerprint density at radius 3 is 2.32 bits per heavy atom. The van der Waals surface area contributed by atoms with Crippen molar-refractivity contribution in [2.24, 2.45) is 0 Å². The Hall–Kier alpha value is -2.29. The molecule has 98 valence electrons. The molecule has 0 heterocycles. The van der Waals surface area contributed by atoms with E-state index in [1.54, 1.807) is 6.07 Å². The standard InChI is InChI=1S/C16H17NO2/c1-10-7-14(17)8-11(2)16(10)13-5-4-6-15(9-13)19-12(3)18/h4-9H,17H2,1-3H3. The summed E-state index contributed by atoms with van der Waals surface area (Å²) in [5.41, 5.74) is 11.0. The molecule has 0 unspecified atom stereocenters. The van der Waals surface area contributed by atoms with Crippen molar-refractivity contribution in [3.8, 4) is 16.9 Å². The van der Waals surface area contributed by atoms with E-state index in [1.165, 1.54) is 6.92 Å². The van der Waals surface area contributed by atoms with Crippen LogP contribution in [0.4, 0.5) is 5.69 Å². The lowest BCUT2D eigenvalue weighted by atomic mass is 9.95. The summed E-state index contributed by atoms with van der Waals surface area (Å²) in [6, 6.07) is 11.4. The fraction of sp³-hybridized carbons (Fsp3) is 0.188. The van der Waals surface area contributed by atoms with Gasteiger partial charge in [-0.3, -0.25) is 4.79 Å². The van der Waals surface area contributed by atoms with Crippen LogP contribution in [-0.2, 0) is 4.79 Å². The first-order valence-corrected chi connectivity index (χ1v) is 6.13. The maximum absolute atomic E-state index is 11.0. The maximum Gasteiger partial charge on any atom is 0.308 e. The number of nitrogens with two attached hydrogens (primary N) is 1. The molecule has 19 heavy (non-hydrogen) atoms. The van der Waals surface area contributed by atoms with Gasteiger partial charge in [0.15, 0.2) is 0 Å². The van der Waals surface area contributed by atoms with Gasteiger partial charge in [-0.2, -0.15) is 0 Å². The molecule has 2 N–H and O–H groups in total. The van der Waals surface area contributed by atoms with Gasteiger partial charge < -0.3 is 10.5 Å². The molecule has 0 aliphatic rings. The number of rotatable bonds is 2. The van der Waals surface area contributed by atoms with E-state index in [0.29, 0.717) is 5.75 Å². The molecule has 0 fully saturated rings. The van der Waals surface area contributed by atoms with Crippen molar-refractivity contribution in [1.29, 1.82) is 0 Å². The molecule has 0 aliphatic carbocycles. The van der Waals surface area contributed by atoms with Crippen LogP contribution in [0.5, 0.6) is 5.75 Å². The fourth-order valence-electron chi connectivity index (χ4n) is 2.33. The summed E-state index contributed by atoms with van der Waals surface area (Å²) in [4.78, 5) is 11.0. The monoisotopic (exact) mass is 255 g/mol. The number of aryl methyl sites for hydroxylation is 2. The second-order valence-electron chi connectivity index (χ2n) is 4.65. The Morgan fingerprint density at radius 2 is 1.74 bits per heavy atom. The molecular formula is C16H17NO2. The highest BCUT2D eigenvalue weighted by Gasteiger charge is 2.08. The highest BCUT2D eigenvalue weighted by molar-refractivity contribution is 5.75. The van der Waals surface area contributed by atoms with E-state index >= 15 is 0 Å². The largest absolute Gasteiger partial charge is 0.427 e. The summed E-state index contributed by atoms with van der Waals surface area (Å²) in [6.45, 7) is 5.45. The molecule has 0 bridgehead atoms. The number of anilines is 1.